The number of ether oxygens (including phenoxy) is 1. The highest BCUT2D eigenvalue weighted by Gasteiger charge is 2.27. The number of carbonyl (C=O) groups is 2. The minimum absolute atomic E-state index is 0.359. The fraction of sp³-hybridized carbons (Fsp3) is 0.261. The van der Waals surface area contributed by atoms with E-state index < -0.39 is 11.8 Å². The molecule has 0 saturated heterocycles. The van der Waals surface area contributed by atoms with Gasteiger partial charge in [0, 0.05) is 16.8 Å². The van der Waals surface area contributed by atoms with Gasteiger partial charge in [-0.2, -0.15) is 5.10 Å². The van der Waals surface area contributed by atoms with Crippen LogP contribution in [0.4, 0.5) is 0 Å². The van der Waals surface area contributed by atoms with Crippen molar-refractivity contribution in [2.45, 2.75) is 33.1 Å². The lowest BCUT2D eigenvalue weighted by molar-refractivity contribution is 0.0843. The molecular weight excluding hydrogens is 380 g/mol. The van der Waals surface area contributed by atoms with E-state index in [0.29, 0.717) is 23.6 Å². The number of nitrogens with zero attached hydrogens (tertiary/aromatic N) is 2. The van der Waals surface area contributed by atoms with Crippen LogP contribution < -0.4 is 15.6 Å². The number of fused-ring (bicyclic) bond motifs is 1. The first kappa shape index (κ1) is 19.7. The molecule has 154 valence electrons. The third-order valence-corrected chi connectivity index (χ3v) is 5.21. The topological polar surface area (TPSA) is 85.2 Å². The van der Waals surface area contributed by atoms with E-state index in [-0.39, 0.29) is 0 Å². The Kier molecular flexibility index (Phi) is 5.52. The monoisotopic (exact) mass is 404 g/mol. The highest BCUT2D eigenvalue weighted by molar-refractivity contribution is 5.99. The van der Waals surface area contributed by atoms with Crippen molar-refractivity contribution in [1.29, 1.82) is 0 Å². The van der Waals surface area contributed by atoms with Crippen molar-refractivity contribution < 1.29 is 14.3 Å². The molecule has 0 radical (unpaired) electrons. The molecule has 2 aromatic carbocycles. The van der Waals surface area contributed by atoms with Crippen LogP contribution in [0.15, 0.2) is 48.5 Å². The maximum atomic E-state index is 12.8. The lowest BCUT2D eigenvalue weighted by Gasteiger charge is -2.09. The number of amides is 2. The van der Waals surface area contributed by atoms with Crippen molar-refractivity contribution in [3.63, 3.8) is 0 Å². The number of rotatable bonds is 5. The molecule has 1 aromatic heterocycles. The molecule has 2 amide bonds. The van der Waals surface area contributed by atoms with Crippen LogP contribution in [0, 0.1) is 6.92 Å². The molecule has 3 aromatic rings. The van der Waals surface area contributed by atoms with Gasteiger partial charge in [-0.1, -0.05) is 18.2 Å². The Bertz CT molecular complexity index is 1090. The van der Waals surface area contributed by atoms with E-state index in [0.717, 1.165) is 41.8 Å². The van der Waals surface area contributed by atoms with E-state index in [4.69, 9.17) is 4.74 Å². The van der Waals surface area contributed by atoms with Crippen LogP contribution in [0.25, 0.3) is 5.69 Å². The number of nitrogens with one attached hydrogen (secondary N) is 2. The number of hydrogen-bond acceptors (Lipinski definition) is 4. The summed E-state index contributed by atoms with van der Waals surface area (Å²) in [6.45, 7) is 4.48. The van der Waals surface area contributed by atoms with Gasteiger partial charge in [0.1, 0.15) is 5.75 Å². The van der Waals surface area contributed by atoms with Crippen LogP contribution >= 0.6 is 0 Å². The molecule has 4 rings (SSSR count). The summed E-state index contributed by atoms with van der Waals surface area (Å²) in [5, 5.41) is 4.58. The zero-order valence-electron chi connectivity index (χ0n) is 17.1. The Morgan fingerprint density at radius 3 is 2.50 bits per heavy atom. The summed E-state index contributed by atoms with van der Waals surface area (Å²) in [4.78, 5) is 25.1. The number of benzene rings is 2. The first-order valence-electron chi connectivity index (χ1n) is 10.1. The quantitative estimate of drug-likeness (QED) is 0.640. The van der Waals surface area contributed by atoms with Gasteiger partial charge in [-0.15, -0.1) is 0 Å². The highest BCUT2D eigenvalue weighted by atomic mass is 16.5. The summed E-state index contributed by atoms with van der Waals surface area (Å²) >= 11 is 0. The fourth-order valence-electron chi connectivity index (χ4n) is 3.73. The highest BCUT2D eigenvalue weighted by Crippen LogP contribution is 2.28. The summed E-state index contributed by atoms with van der Waals surface area (Å²) < 4.78 is 7.24. The third-order valence-electron chi connectivity index (χ3n) is 5.21. The number of para-hydroxylation sites is 1. The minimum atomic E-state index is -0.417. The van der Waals surface area contributed by atoms with Crippen molar-refractivity contribution in [3.8, 4) is 11.4 Å². The summed E-state index contributed by atoms with van der Waals surface area (Å²) in [7, 11) is 0. The molecule has 0 bridgehead atoms. The predicted octanol–water partition coefficient (Wildman–Crippen LogP) is 3.14. The van der Waals surface area contributed by atoms with Gasteiger partial charge in [0.15, 0.2) is 5.69 Å². The minimum Gasteiger partial charge on any atom is -0.494 e. The summed E-state index contributed by atoms with van der Waals surface area (Å²) in [5.74, 6) is -0.128. The van der Waals surface area contributed by atoms with E-state index in [2.05, 4.69) is 16.0 Å². The Balaban J connectivity index is 1.50. The lowest BCUT2D eigenvalue weighted by atomic mass is 10.2. The molecule has 2 N–H and O–H groups in total. The predicted molar refractivity (Wildman–Crippen MR) is 113 cm³/mol. The van der Waals surface area contributed by atoms with Gasteiger partial charge >= 0.3 is 0 Å². The van der Waals surface area contributed by atoms with Crippen molar-refractivity contribution in [1.82, 2.24) is 20.6 Å². The fourth-order valence-corrected chi connectivity index (χ4v) is 3.73. The Hall–Kier alpha value is -3.61. The Labute approximate surface area is 175 Å². The Morgan fingerprint density at radius 1 is 1.03 bits per heavy atom. The van der Waals surface area contributed by atoms with Gasteiger partial charge in [0.2, 0.25) is 0 Å². The van der Waals surface area contributed by atoms with Gasteiger partial charge in [0.25, 0.3) is 11.8 Å². The van der Waals surface area contributed by atoms with E-state index >= 15 is 0 Å². The van der Waals surface area contributed by atoms with Gasteiger partial charge in [0.05, 0.1) is 12.3 Å². The lowest BCUT2D eigenvalue weighted by Crippen LogP contribution is -2.42. The average Bonchev–Trinajstić information content (AvgIpc) is 3.36. The molecule has 30 heavy (non-hydrogen) atoms. The molecule has 0 fully saturated rings. The first-order chi connectivity index (χ1) is 14.6. The third kappa shape index (κ3) is 3.78. The Morgan fingerprint density at radius 2 is 1.77 bits per heavy atom. The van der Waals surface area contributed by atoms with E-state index in [9.17, 15) is 9.59 Å². The average molecular weight is 404 g/mol. The van der Waals surface area contributed by atoms with Crippen molar-refractivity contribution in [2.75, 3.05) is 6.61 Å². The van der Waals surface area contributed by atoms with Crippen LogP contribution in [0.3, 0.4) is 0 Å². The number of hydrogen-bond donors (Lipinski definition) is 2. The largest absolute Gasteiger partial charge is 0.494 e. The zero-order valence-corrected chi connectivity index (χ0v) is 17.1. The van der Waals surface area contributed by atoms with Gasteiger partial charge in [-0.25, -0.2) is 4.68 Å². The van der Waals surface area contributed by atoms with Gasteiger partial charge in [-0.3, -0.25) is 20.4 Å². The van der Waals surface area contributed by atoms with Gasteiger partial charge < -0.3 is 4.74 Å². The molecule has 0 aliphatic heterocycles. The van der Waals surface area contributed by atoms with Crippen LogP contribution in [-0.2, 0) is 12.8 Å². The standard InChI is InChI=1S/C23H24N4O3/c1-3-30-17-13-11-16(12-14-17)22(28)24-25-23(29)21-18-8-6-10-20(18)27(26-21)19-9-5-4-7-15(19)2/h4-5,7,9,11-14H,3,6,8,10H2,1-2H3,(H,24,28)(H,25,29). The maximum Gasteiger partial charge on any atom is 0.290 e. The smallest absolute Gasteiger partial charge is 0.290 e. The molecule has 0 saturated carbocycles. The number of hydrazine groups is 1. The molecule has 7 heteroatoms. The van der Waals surface area contributed by atoms with Crippen molar-refractivity contribution in [2.24, 2.45) is 0 Å². The second-order valence-electron chi connectivity index (χ2n) is 7.19. The molecule has 0 atom stereocenters. The van der Waals surface area contributed by atoms with Crippen LogP contribution in [0.1, 0.15) is 51.0 Å². The van der Waals surface area contributed by atoms with Crippen LogP contribution in [-0.4, -0.2) is 28.2 Å². The molecule has 1 aliphatic carbocycles. The van der Waals surface area contributed by atoms with Crippen LogP contribution in [0.2, 0.25) is 0 Å². The van der Waals surface area contributed by atoms with E-state index in [1.165, 1.54) is 0 Å². The number of aromatic nitrogens is 2. The normalized spacial score (nSPS) is 12.3. The summed E-state index contributed by atoms with van der Waals surface area (Å²) in [5.41, 5.74) is 9.82. The molecular formula is C23H24N4O3. The van der Waals surface area contributed by atoms with Crippen molar-refractivity contribution in [3.05, 3.63) is 76.6 Å². The number of aryl methyl sites for hydroxylation is 1. The molecule has 0 spiro atoms. The maximum absolute atomic E-state index is 12.8. The number of carbonyl (C=O) groups excluding carboxylic acids is 2. The SMILES string of the molecule is CCOc1ccc(C(=O)NNC(=O)c2nn(-c3ccccc3C)c3c2CCC3)cc1. The second-order valence-corrected chi connectivity index (χ2v) is 7.19. The zero-order chi connectivity index (χ0) is 21.1. The van der Waals surface area contributed by atoms with Crippen LogP contribution in [0.5, 0.6) is 5.75 Å². The molecule has 7 nitrogen and oxygen atoms in total. The second kappa shape index (κ2) is 8.41. The summed E-state index contributed by atoms with van der Waals surface area (Å²) in [6, 6.07) is 14.7. The van der Waals surface area contributed by atoms with Gasteiger partial charge in [-0.05, 0) is 69.0 Å². The molecule has 1 heterocycles. The molecule has 0 unspecified atom stereocenters. The first-order valence-corrected chi connectivity index (χ1v) is 10.1. The summed E-state index contributed by atoms with van der Waals surface area (Å²) in [6.07, 6.45) is 2.66. The van der Waals surface area contributed by atoms with E-state index in [1.54, 1.807) is 24.3 Å². The van der Waals surface area contributed by atoms with Crippen molar-refractivity contribution >= 4 is 11.8 Å². The molecule has 1 aliphatic rings. The van der Waals surface area contributed by atoms with E-state index in [1.807, 2.05) is 42.8 Å².